The molecule has 3 aliphatic heterocycles. The monoisotopic (exact) mass is 355 g/mol. The Hall–Kier alpha value is -1.72. The Morgan fingerprint density at radius 2 is 2.38 bits per heavy atom. The van der Waals surface area contributed by atoms with E-state index >= 15 is 0 Å². The molecule has 0 saturated carbocycles. The standard InChI is InChI=1S/C10H15BN7O5P/c11-24(20)21-1-4-7(23-24)6(19)10(22-4)18-3-15-5-8(16-17-12)13-2-14-9(5)18/h2,4,6-7,10,15,19-20,24H,1,3,11H2/t4?,6?,7-,10?/m1/s1. The number of nitrogens with zero attached hydrogens (tertiary/aromatic N) is 6. The summed E-state index contributed by atoms with van der Waals surface area (Å²) < 4.78 is 16.6. The Balaban J connectivity index is 1.61. The zero-order chi connectivity index (χ0) is 16.9. The molecule has 1 aromatic rings. The molecular formula is C10H15BN7O5P. The number of anilines is 2. The second kappa shape index (κ2) is 5.68. The van der Waals surface area contributed by atoms with Gasteiger partial charge in [0, 0.05) is 0 Å². The van der Waals surface area contributed by atoms with Gasteiger partial charge in [-0.25, -0.2) is 0 Å². The molecule has 12 nitrogen and oxygen atoms in total. The first-order valence-electron chi connectivity index (χ1n) is 7.28. The maximum absolute atomic E-state index is 10.6. The first kappa shape index (κ1) is 15.8. The fourth-order valence-corrected chi connectivity index (χ4v) is 4.43. The molecule has 3 aliphatic rings. The third kappa shape index (κ3) is 2.47. The normalized spacial score (nSPS) is 34.7. The van der Waals surface area contributed by atoms with Gasteiger partial charge in [0.15, 0.2) is 0 Å². The fraction of sp³-hybridized carbons (Fsp3) is 0.600. The summed E-state index contributed by atoms with van der Waals surface area (Å²) >= 11 is 0. The molecule has 1 aromatic heterocycles. The summed E-state index contributed by atoms with van der Waals surface area (Å²) in [5.74, 6) is 0.629. The van der Waals surface area contributed by atoms with Crippen LogP contribution in [0.2, 0.25) is 0 Å². The van der Waals surface area contributed by atoms with E-state index in [2.05, 4.69) is 25.3 Å². The van der Waals surface area contributed by atoms with Gasteiger partial charge in [-0.05, 0) is 0 Å². The van der Waals surface area contributed by atoms with Crippen molar-refractivity contribution in [2.75, 3.05) is 23.5 Å². The third-order valence-corrected chi connectivity index (χ3v) is 5.54. The summed E-state index contributed by atoms with van der Waals surface area (Å²) in [5, 5.41) is 17.1. The van der Waals surface area contributed by atoms with Crippen molar-refractivity contribution in [1.82, 2.24) is 9.97 Å². The van der Waals surface area contributed by atoms with Crippen LogP contribution in [0.15, 0.2) is 11.4 Å². The molecule has 0 radical (unpaired) electrons. The number of aromatic nitrogens is 2. The van der Waals surface area contributed by atoms with Crippen molar-refractivity contribution in [2.45, 2.75) is 24.5 Å². The second-order valence-electron chi connectivity index (χ2n) is 5.74. The molecule has 4 rings (SSSR count). The number of hydrogen-bond donors (Lipinski definition) is 3. The van der Waals surface area contributed by atoms with Crippen LogP contribution in [0, 0.1) is 0 Å². The quantitative estimate of drug-likeness (QED) is 0.202. The van der Waals surface area contributed by atoms with E-state index in [0.29, 0.717) is 11.5 Å². The predicted octanol–water partition coefficient (Wildman–Crippen LogP) is -0.856. The van der Waals surface area contributed by atoms with Gasteiger partial charge in [-0.2, -0.15) is 0 Å². The first-order valence-corrected chi connectivity index (χ1v) is 9.55. The summed E-state index contributed by atoms with van der Waals surface area (Å²) in [5.41, 5.74) is 9.07. The molecule has 3 N–H and O–H groups in total. The van der Waals surface area contributed by atoms with Crippen molar-refractivity contribution < 1.29 is 23.8 Å². The maximum atomic E-state index is 10.6. The van der Waals surface area contributed by atoms with E-state index in [-0.39, 0.29) is 19.1 Å². The van der Waals surface area contributed by atoms with E-state index in [1.165, 1.54) is 13.9 Å². The molecule has 3 unspecified atom stereocenters. The van der Waals surface area contributed by atoms with Crippen LogP contribution >= 0.6 is 7.82 Å². The molecule has 128 valence electrons. The van der Waals surface area contributed by atoms with E-state index in [9.17, 15) is 10.00 Å². The van der Waals surface area contributed by atoms with Gasteiger partial charge in [0.1, 0.15) is 0 Å². The summed E-state index contributed by atoms with van der Waals surface area (Å²) in [4.78, 5) is 22.5. The average Bonchev–Trinajstić information content (AvgIpc) is 3.10. The van der Waals surface area contributed by atoms with E-state index < -0.39 is 32.4 Å². The topological polar surface area (TPSA) is 158 Å². The first-order chi connectivity index (χ1) is 11.5. The molecule has 0 aliphatic carbocycles. The molecule has 24 heavy (non-hydrogen) atoms. The van der Waals surface area contributed by atoms with E-state index in [0.717, 1.165) is 0 Å². The Morgan fingerprint density at radius 1 is 1.54 bits per heavy atom. The number of azide groups is 1. The average molecular weight is 355 g/mol. The van der Waals surface area contributed by atoms with Gasteiger partial charge < -0.3 is 0 Å². The number of nitrogens with one attached hydrogen (secondary N) is 1. The zero-order valence-corrected chi connectivity index (χ0v) is 13.6. The summed E-state index contributed by atoms with van der Waals surface area (Å²) in [7, 11) is -1.74. The van der Waals surface area contributed by atoms with Crippen molar-refractivity contribution in [3.05, 3.63) is 16.8 Å². The SMILES string of the molecule is B[PH]1(O)OCC2OC(N3CNc4c(N=[N+]=[N-])ncnc43)C(O)[C@@H]2O1. The van der Waals surface area contributed by atoms with E-state index in [1.807, 2.05) is 0 Å². The fourth-order valence-electron chi connectivity index (χ4n) is 3.09. The van der Waals surface area contributed by atoms with Crippen molar-refractivity contribution >= 4 is 32.7 Å². The van der Waals surface area contributed by atoms with Crippen LogP contribution in [0.3, 0.4) is 0 Å². The van der Waals surface area contributed by atoms with Crippen LogP contribution < -0.4 is 10.2 Å². The number of aliphatic hydroxyl groups is 1. The van der Waals surface area contributed by atoms with E-state index in [1.54, 1.807) is 4.90 Å². The number of fused-ring (bicyclic) bond motifs is 2. The van der Waals surface area contributed by atoms with E-state index in [4.69, 9.17) is 19.3 Å². The molecule has 4 atom stereocenters. The van der Waals surface area contributed by atoms with Gasteiger partial charge in [0.25, 0.3) is 0 Å². The Labute approximate surface area is 137 Å². The van der Waals surface area contributed by atoms with Gasteiger partial charge in [0.05, 0.1) is 0 Å². The minimum absolute atomic E-state index is 0.152. The molecule has 0 aromatic carbocycles. The second-order valence-corrected chi connectivity index (χ2v) is 8.06. The van der Waals surface area contributed by atoms with Crippen LogP contribution in [-0.2, 0) is 13.8 Å². The van der Waals surface area contributed by atoms with Crippen LogP contribution in [-0.4, -0.2) is 65.3 Å². The van der Waals surface area contributed by atoms with Gasteiger partial charge in [-0.3, -0.25) is 0 Å². The van der Waals surface area contributed by atoms with Gasteiger partial charge >= 0.3 is 136 Å². The van der Waals surface area contributed by atoms with Crippen molar-refractivity contribution in [3.63, 3.8) is 0 Å². The molecular weight excluding hydrogens is 340 g/mol. The summed E-state index contributed by atoms with van der Waals surface area (Å²) in [6, 6.07) is 0. The molecule has 2 fully saturated rings. The van der Waals surface area contributed by atoms with Gasteiger partial charge in [-0.15, -0.1) is 0 Å². The number of ether oxygens (including phenoxy) is 1. The van der Waals surface area contributed by atoms with Gasteiger partial charge in [-0.1, -0.05) is 0 Å². The number of hydrogen-bond acceptors (Lipinski definition) is 10. The molecule has 0 spiro atoms. The Kier molecular flexibility index (Phi) is 3.73. The van der Waals surface area contributed by atoms with Crippen LogP contribution in [0.25, 0.3) is 10.4 Å². The molecule has 4 heterocycles. The molecule has 2 saturated heterocycles. The van der Waals surface area contributed by atoms with Crippen molar-refractivity contribution in [3.8, 4) is 0 Å². The molecule has 0 bridgehead atoms. The minimum atomic E-state index is -3.23. The van der Waals surface area contributed by atoms with Gasteiger partial charge in [0.2, 0.25) is 0 Å². The Morgan fingerprint density at radius 3 is 3.17 bits per heavy atom. The van der Waals surface area contributed by atoms with Crippen LogP contribution in [0.4, 0.5) is 17.3 Å². The van der Waals surface area contributed by atoms with Crippen LogP contribution in [0.5, 0.6) is 0 Å². The van der Waals surface area contributed by atoms with Crippen molar-refractivity contribution in [1.29, 1.82) is 0 Å². The van der Waals surface area contributed by atoms with Crippen molar-refractivity contribution in [2.24, 2.45) is 5.11 Å². The third-order valence-electron chi connectivity index (χ3n) is 4.13. The summed E-state index contributed by atoms with van der Waals surface area (Å²) in [6.45, 7) is 0.442. The molecule has 14 heteroatoms. The zero-order valence-electron chi connectivity index (χ0n) is 12.6. The summed E-state index contributed by atoms with van der Waals surface area (Å²) in [6.07, 6.45) is -1.63. The predicted molar refractivity (Wildman–Crippen MR) is 86.4 cm³/mol. The van der Waals surface area contributed by atoms with Crippen LogP contribution in [0.1, 0.15) is 0 Å². The Bertz CT molecular complexity index is 719. The number of rotatable bonds is 2. The molecule has 0 amide bonds. The number of aliphatic hydroxyl groups excluding tert-OH is 1.